The number of aryl methyl sites for hydroxylation is 1. The van der Waals surface area contributed by atoms with Crippen LogP contribution < -0.4 is 0 Å². The van der Waals surface area contributed by atoms with E-state index in [0.717, 1.165) is 51.1 Å². The number of aromatic nitrogens is 1. The topological polar surface area (TPSA) is 62.1 Å². The van der Waals surface area contributed by atoms with Gasteiger partial charge in [0, 0.05) is 32.3 Å². The summed E-state index contributed by atoms with van der Waals surface area (Å²) in [5.41, 5.74) is 1.25. The van der Waals surface area contributed by atoms with E-state index >= 15 is 0 Å². The number of hydrogen-bond donors (Lipinski definition) is 0. The summed E-state index contributed by atoms with van der Waals surface area (Å²) in [7, 11) is 5.96. The van der Waals surface area contributed by atoms with Crippen molar-refractivity contribution in [1.29, 1.82) is 0 Å². The smallest absolute Gasteiger partial charge is 0.276 e. The predicted molar refractivity (Wildman–Crippen MR) is 89.9 cm³/mol. The Kier molecular flexibility index (Phi) is 4.94. The van der Waals surface area contributed by atoms with E-state index in [1.807, 2.05) is 11.8 Å². The number of nitrogens with zero attached hydrogens (tertiary/aromatic N) is 4. The molecule has 3 rings (SSSR count). The molecule has 1 spiro atoms. The molecule has 2 aliphatic heterocycles. The Labute approximate surface area is 143 Å². The third-order valence-corrected chi connectivity index (χ3v) is 5.68. The lowest BCUT2D eigenvalue weighted by molar-refractivity contribution is -0.0174. The SMILES string of the molecule is COCc1c(C(=O)N2CCN(C)C3(CCN(C)CC3)C2)noc1C. The summed E-state index contributed by atoms with van der Waals surface area (Å²) in [6.45, 7) is 6.70. The van der Waals surface area contributed by atoms with E-state index in [1.54, 1.807) is 7.11 Å². The maximum absolute atomic E-state index is 13.0. The fourth-order valence-electron chi connectivity index (χ4n) is 3.83. The number of carbonyl (C=O) groups excluding carboxylic acids is 1. The number of piperazine rings is 1. The first kappa shape index (κ1) is 17.4. The van der Waals surface area contributed by atoms with E-state index in [2.05, 4.69) is 29.1 Å². The second-order valence-electron chi connectivity index (χ2n) is 7.17. The van der Waals surface area contributed by atoms with Gasteiger partial charge in [-0.2, -0.15) is 0 Å². The van der Waals surface area contributed by atoms with Crippen molar-refractivity contribution in [3.63, 3.8) is 0 Å². The molecule has 0 saturated carbocycles. The molecule has 134 valence electrons. The molecule has 7 nitrogen and oxygen atoms in total. The fraction of sp³-hybridized carbons (Fsp3) is 0.765. The van der Waals surface area contributed by atoms with Crippen LogP contribution in [0.3, 0.4) is 0 Å². The molecule has 1 aromatic rings. The molecule has 7 heteroatoms. The number of ether oxygens (including phenoxy) is 1. The van der Waals surface area contributed by atoms with Crippen LogP contribution in [0.5, 0.6) is 0 Å². The Morgan fingerprint density at radius 2 is 1.96 bits per heavy atom. The Hall–Kier alpha value is -1.44. The van der Waals surface area contributed by atoms with Crippen LogP contribution in [0.15, 0.2) is 4.52 Å². The molecule has 24 heavy (non-hydrogen) atoms. The lowest BCUT2D eigenvalue weighted by Gasteiger charge is -2.52. The standard InChI is InChI=1S/C17H28N4O3/c1-13-14(11-23-4)15(18-24-13)16(22)21-10-9-20(3)17(12-21)5-7-19(2)8-6-17/h5-12H2,1-4H3. The highest BCUT2D eigenvalue weighted by molar-refractivity contribution is 5.94. The molecule has 0 unspecified atom stereocenters. The van der Waals surface area contributed by atoms with Crippen LogP contribution in [0.4, 0.5) is 0 Å². The lowest BCUT2D eigenvalue weighted by atomic mass is 9.83. The van der Waals surface area contributed by atoms with Gasteiger partial charge in [-0.15, -0.1) is 0 Å². The van der Waals surface area contributed by atoms with Crippen molar-refractivity contribution in [3.8, 4) is 0 Å². The van der Waals surface area contributed by atoms with Crippen molar-refractivity contribution in [2.24, 2.45) is 0 Å². The van der Waals surface area contributed by atoms with Crippen LogP contribution in [-0.4, -0.2) is 85.2 Å². The summed E-state index contributed by atoms with van der Waals surface area (Å²) in [6.07, 6.45) is 2.18. The van der Waals surface area contributed by atoms with Gasteiger partial charge in [0.1, 0.15) is 5.76 Å². The van der Waals surface area contributed by atoms with E-state index in [9.17, 15) is 4.79 Å². The summed E-state index contributed by atoms with van der Waals surface area (Å²) in [6, 6.07) is 0. The van der Waals surface area contributed by atoms with Crippen LogP contribution in [0.2, 0.25) is 0 Å². The molecule has 1 amide bonds. The van der Waals surface area contributed by atoms with Gasteiger partial charge in [-0.05, 0) is 47.0 Å². The minimum absolute atomic E-state index is 0.0368. The van der Waals surface area contributed by atoms with Crippen LogP contribution in [0.25, 0.3) is 0 Å². The first-order chi connectivity index (χ1) is 11.5. The van der Waals surface area contributed by atoms with Crippen molar-refractivity contribution in [1.82, 2.24) is 19.9 Å². The summed E-state index contributed by atoms with van der Waals surface area (Å²) >= 11 is 0. The molecule has 2 saturated heterocycles. The average molecular weight is 336 g/mol. The van der Waals surface area contributed by atoms with Gasteiger partial charge in [0.05, 0.1) is 12.2 Å². The number of carbonyl (C=O) groups is 1. The summed E-state index contributed by atoms with van der Waals surface area (Å²) in [5, 5.41) is 4.01. The third kappa shape index (κ3) is 3.08. The highest BCUT2D eigenvalue weighted by atomic mass is 16.5. The van der Waals surface area contributed by atoms with Crippen molar-refractivity contribution in [3.05, 3.63) is 17.0 Å². The number of likely N-dealkylation sites (N-methyl/N-ethyl adjacent to an activating group) is 1. The molecule has 0 atom stereocenters. The number of amides is 1. The van der Waals surface area contributed by atoms with Crippen LogP contribution in [0.1, 0.15) is 34.7 Å². The van der Waals surface area contributed by atoms with Gasteiger partial charge in [-0.25, -0.2) is 0 Å². The van der Waals surface area contributed by atoms with Gasteiger partial charge in [0.25, 0.3) is 5.91 Å². The Balaban J connectivity index is 1.79. The lowest BCUT2D eigenvalue weighted by Crippen LogP contribution is -2.65. The summed E-state index contributed by atoms with van der Waals surface area (Å²) in [4.78, 5) is 19.8. The molecule has 0 aliphatic carbocycles. The molecule has 0 aromatic carbocycles. The second-order valence-corrected chi connectivity index (χ2v) is 7.17. The van der Waals surface area contributed by atoms with Gasteiger partial charge in [0.2, 0.25) is 0 Å². The van der Waals surface area contributed by atoms with E-state index in [4.69, 9.17) is 9.26 Å². The van der Waals surface area contributed by atoms with Crippen molar-refractivity contribution >= 4 is 5.91 Å². The van der Waals surface area contributed by atoms with Gasteiger partial charge in [-0.3, -0.25) is 9.69 Å². The maximum Gasteiger partial charge on any atom is 0.276 e. The zero-order valence-electron chi connectivity index (χ0n) is 15.2. The second kappa shape index (κ2) is 6.82. The van der Waals surface area contributed by atoms with Gasteiger partial charge < -0.3 is 19.1 Å². The molecule has 1 aromatic heterocycles. The number of hydrogen-bond acceptors (Lipinski definition) is 6. The van der Waals surface area contributed by atoms with Crippen LogP contribution in [-0.2, 0) is 11.3 Å². The van der Waals surface area contributed by atoms with E-state index < -0.39 is 0 Å². The highest BCUT2D eigenvalue weighted by Crippen LogP contribution is 2.32. The number of likely N-dealkylation sites (tertiary alicyclic amines) is 1. The fourth-order valence-corrected chi connectivity index (χ4v) is 3.83. The molecule has 2 aliphatic rings. The highest BCUT2D eigenvalue weighted by Gasteiger charge is 2.43. The third-order valence-electron chi connectivity index (χ3n) is 5.68. The molecule has 0 bridgehead atoms. The Morgan fingerprint density at radius 3 is 2.62 bits per heavy atom. The van der Waals surface area contributed by atoms with Gasteiger partial charge in [-0.1, -0.05) is 5.16 Å². The Bertz CT molecular complexity index is 593. The molecular formula is C17H28N4O3. The summed E-state index contributed by atoms with van der Waals surface area (Å²) in [5.74, 6) is 0.619. The zero-order chi connectivity index (χ0) is 17.3. The normalized spacial score (nSPS) is 22.2. The largest absolute Gasteiger partial charge is 0.380 e. The summed E-state index contributed by atoms with van der Waals surface area (Å²) < 4.78 is 10.4. The quantitative estimate of drug-likeness (QED) is 0.820. The van der Waals surface area contributed by atoms with E-state index in [-0.39, 0.29) is 11.4 Å². The Morgan fingerprint density at radius 1 is 1.25 bits per heavy atom. The zero-order valence-corrected chi connectivity index (χ0v) is 15.2. The number of piperidine rings is 1. The van der Waals surface area contributed by atoms with Crippen molar-refractivity contribution < 1.29 is 14.1 Å². The molecule has 0 radical (unpaired) electrons. The minimum atomic E-state index is -0.0368. The monoisotopic (exact) mass is 336 g/mol. The van der Waals surface area contributed by atoms with E-state index in [0.29, 0.717) is 18.1 Å². The van der Waals surface area contributed by atoms with Crippen LogP contribution in [0, 0.1) is 6.92 Å². The van der Waals surface area contributed by atoms with Crippen molar-refractivity contribution in [2.45, 2.75) is 31.9 Å². The molecule has 2 fully saturated rings. The predicted octanol–water partition coefficient (Wildman–Crippen LogP) is 0.981. The first-order valence-corrected chi connectivity index (χ1v) is 8.60. The van der Waals surface area contributed by atoms with Crippen LogP contribution >= 0.6 is 0 Å². The van der Waals surface area contributed by atoms with E-state index in [1.165, 1.54) is 0 Å². The number of methoxy groups -OCH3 is 1. The average Bonchev–Trinajstić information content (AvgIpc) is 2.94. The molecular weight excluding hydrogens is 308 g/mol. The van der Waals surface area contributed by atoms with Crippen molar-refractivity contribution in [2.75, 3.05) is 53.9 Å². The first-order valence-electron chi connectivity index (χ1n) is 8.60. The van der Waals surface area contributed by atoms with Gasteiger partial charge in [0.15, 0.2) is 5.69 Å². The van der Waals surface area contributed by atoms with Gasteiger partial charge >= 0.3 is 0 Å². The molecule has 0 N–H and O–H groups in total. The minimum Gasteiger partial charge on any atom is -0.380 e. The number of rotatable bonds is 3. The molecule has 3 heterocycles. The maximum atomic E-state index is 13.0.